The van der Waals surface area contributed by atoms with Crippen LogP contribution in [0.25, 0.3) is 5.65 Å². The number of halogens is 1. The molecule has 134 valence electrons. The fourth-order valence-corrected chi connectivity index (χ4v) is 2.77. The van der Waals surface area contributed by atoms with E-state index < -0.39 is 0 Å². The van der Waals surface area contributed by atoms with Crippen LogP contribution < -0.4 is 5.32 Å². The van der Waals surface area contributed by atoms with Gasteiger partial charge in [0, 0.05) is 58.4 Å². The van der Waals surface area contributed by atoms with Crippen LogP contribution in [-0.2, 0) is 20.0 Å². The van der Waals surface area contributed by atoms with Crippen molar-refractivity contribution < 1.29 is 0 Å². The Kier molecular flexibility index (Phi) is 6.86. The smallest absolute Gasteiger partial charge is 0.193 e. The highest BCUT2D eigenvalue weighted by atomic mass is 127. The van der Waals surface area contributed by atoms with Crippen molar-refractivity contribution in [2.24, 2.45) is 12.0 Å². The Bertz CT molecular complexity index is 802. The van der Waals surface area contributed by atoms with Crippen molar-refractivity contribution in [3.63, 3.8) is 0 Å². The molecule has 0 bridgehead atoms. The lowest BCUT2D eigenvalue weighted by atomic mass is 10.3. The minimum atomic E-state index is 0. The predicted octanol–water partition coefficient (Wildman–Crippen LogP) is 2.54. The lowest BCUT2D eigenvalue weighted by molar-refractivity contribution is 0.462. The molecule has 0 atom stereocenters. The summed E-state index contributed by atoms with van der Waals surface area (Å²) in [5.41, 5.74) is 3.31. The monoisotopic (exact) mass is 452 g/mol. The highest BCUT2D eigenvalue weighted by Crippen LogP contribution is 2.06. The van der Waals surface area contributed by atoms with E-state index in [1.807, 2.05) is 42.9 Å². The number of guanidine groups is 1. The minimum absolute atomic E-state index is 0. The van der Waals surface area contributed by atoms with Gasteiger partial charge in [-0.25, -0.2) is 4.98 Å². The molecule has 3 aromatic heterocycles. The van der Waals surface area contributed by atoms with Crippen LogP contribution in [0.4, 0.5) is 0 Å². The number of nitrogens with zero attached hydrogens (tertiary/aromatic N) is 5. The molecule has 0 aliphatic heterocycles. The number of aryl methyl sites for hydroxylation is 1. The van der Waals surface area contributed by atoms with Gasteiger partial charge in [0.05, 0.1) is 12.2 Å². The van der Waals surface area contributed by atoms with Gasteiger partial charge < -0.3 is 19.2 Å². The Morgan fingerprint density at radius 1 is 1.24 bits per heavy atom. The average Bonchev–Trinajstić information content (AvgIpc) is 3.17. The van der Waals surface area contributed by atoms with E-state index >= 15 is 0 Å². The highest BCUT2D eigenvalue weighted by molar-refractivity contribution is 14.0. The Balaban J connectivity index is 0.00000225. The maximum absolute atomic E-state index is 4.62. The van der Waals surface area contributed by atoms with Crippen LogP contribution in [0.5, 0.6) is 0 Å². The first kappa shape index (κ1) is 19.3. The van der Waals surface area contributed by atoms with Crippen LogP contribution in [0.15, 0.2) is 53.9 Å². The minimum Gasteiger partial charge on any atom is -0.356 e. The average molecular weight is 452 g/mol. The molecule has 3 aromatic rings. The molecular weight excluding hydrogens is 427 g/mol. The number of imidazole rings is 1. The number of pyridine rings is 1. The first-order valence-electron chi connectivity index (χ1n) is 8.12. The van der Waals surface area contributed by atoms with Crippen molar-refractivity contribution in [1.29, 1.82) is 0 Å². The summed E-state index contributed by atoms with van der Waals surface area (Å²) in [5.74, 6) is 0.889. The molecule has 6 nitrogen and oxygen atoms in total. The lowest BCUT2D eigenvalue weighted by Gasteiger charge is -2.22. The van der Waals surface area contributed by atoms with Gasteiger partial charge >= 0.3 is 0 Å². The largest absolute Gasteiger partial charge is 0.356 e. The number of fused-ring (bicyclic) bond motifs is 1. The van der Waals surface area contributed by atoms with Gasteiger partial charge in [-0.1, -0.05) is 6.07 Å². The van der Waals surface area contributed by atoms with Gasteiger partial charge in [-0.05, 0) is 24.3 Å². The number of rotatable bonds is 5. The maximum Gasteiger partial charge on any atom is 0.193 e. The van der Waals surface area contributed by atoms with E-state index in [4.69, 9.17) is 0 Å². The summed E-state index contributed by atoms with van der Waals surface area (Å²) in [6, 6.07) is 10.2. The molecule has 0 unspecified atom stereocenters. The number of aromatic nitrogens is 3. The van der Waals surface area contributed by atoms with Crippen LogP contribution in [0.1, 0.15) is 11.4 Å². The molecule has 0 aliphatic carbocycles. The van der Waals surface area contributed by atoms with Crippen molar-refractivity contribution >= 4 is 35.6 Å². The van der Waals surface area contributed by atoms with Gasteiger partial charge in [-0.2, -0.15) is 0 Å². The quantitative estimate of drug-likeness (QED) is 0.368. The van der Waals surface area contributed by atoms with Crippen LogP contribution in [0, 0.1) is 0 Å². The molecule has 25 heavy (non-hydrogen) atoms. The van der Waals surface area contributed by atoms with E-state index in [1.54, 1.807) is 0 Å². The summed E-state index contributed by atoms with van der Waals surface area (Å²) in [5, 5.41) is 3.41. The number of aliphatic imine (C=N–C) groups is 1. The Morgan fingerprint density at radius 2 is 2.08 bits per heavy atom. The first-order valence-corrected chi connectivity index (χ1v) is 8.12. The first-order chi connectivity index (χ1) is 11.7. The van der Waals surface area contributed by atoms with Crippen molar-refractivity contribution in [2.45, 2.75) is 13.0 Å². The van der Waals surface area contributed by atoms with Crippen LogP contribution >= 0.6 is 24.0 Å². The van der Waals surface area contributed by atoms with E-state index in [9.17, 15) is 0 Å². The standard InChI is InChI=1S/C18H24N6.HI/c1-19-18(23(3)14-16-7-6-11-22(16)2)20-10-9-15-13-24-12-5-4-8-17(24)21-15;/h4-8,11-13H,9-10,14H2,1-3H3,(H,19,20);1H. The zero-order chi connectivity index (χ0) is 16.9. The molecule has 1 N–H and O–H groups in total. The summed E-state index contributed by atoms with van der Waals surface area (Å²) in [6.07, 6.45) is 7.01. The Hall–Kier alpha value is -2.03. The molecule has 0 saturated carbocycles. The highest BCUT2D eigenvalue weighted by Gasteiger charge is 2.08. The second-order valence-electron chi connectivity index (χ2n) is 5.89. The SMILES string of the molecule is CN=C(NCCc1cn2ccccc2n1)N(C)Cc1cccn1C.I. The van der Waals surface area contributed by atoms with Crippen LogP contribution in [0.3, 0.4) is 0 Å². The predicted molar refractivity (Wildman–Crippen MR) is 113 cm³/mol. The number of nitrogens with one attached hydrogen (secondary N) is 1. The molecule has 7 heteroatoms. The zero-order valence-electron chi connectivity index (χ0n) is 14.9. The van der Waals surface area contributed by atoms with Crippen molar-refractivity contribution in [3.8, 4) is 0 Å². The summed E-state index contributed by atoms with van der Waals surface area (Å²) in [4.78, 5) is 11.1. The topological polar surface area (TPSA) is 49.9 Å². The van der Waals surface area contributed by atoms with E-state index in [-0.39, 0.29) is 24.0 Å². The Labute approximate surface area is 165 Å². The van der Waals surface area contributed by atoms with Crippen molar-refractivity contribution in [3.05, 3.63) is 60.3 Å². The second kappa shape index (κ2) is 8.89. The maximum atomic E-state index is 4.62. The summed E-state index contributed by atoms with van der Waals surface area (Å²) in [7, 11) is 5.92. The third kappa shape index (κ3) is 4.75. The fourth-order valence-electron chi connectivity index (χ4n) is 2.77. The van der Waals surface area contributed by atoms with Gasteiger partial charge in [-0.3, -0.25) is 4.99 Å². The van der Waals surface area contributed by atoms with Crippen molar-refractivity contribution in [1.82, 2.24) is 24.2 Å². The molecule has 0 aromatic carbocycles. The van der Waals surface area contributed by atoms with Gasteiger partial charge in [0.25, 0.3) is 0 Å². The van der Waals surface area contributed by atoms with E-state index in [2.05, 4.69) is 56.3 Å². The van der Waals surface area contributed by atoms with Crippen molar-refractivity contribution in [2.75, 3.05) is 20.6 Å². The zero-order valence-corrected chi connectivity index (χ0v) is 17.2. The van der Waals surface area contributed by atoms with Gasteiger partial charge in [0.1, 0.15) is 5.65 Å². The number of hydrogen-bond donors (Lipinski definition) is 1. The molecule has 3 heterocycles. The molecule has 0 radical (unpaired) electrons. The van der Waals surface area contributed by atoms with Crippen LogP contribution in [0.2, 0.25) is 0 Å². The lowest BCUT2D eigenvalue weighted by Crippen LogP contribution is -2.39. The molecule has 0 fully saturated rings. The third-order valence-corrected chi connectivity index (χ3v) is 4.10. The molecule has 0 aliphatic rings. The molecular formula is C18H25IN6. The Morgan fingerprint density at radius 3 is 2.76 bits per heavy atom. The molecule has 0 saturated heterocycles. The normalized spacial score (nSPS) is 11.4. The molecule has 0 amide bonds. The molecule has 3 rings (SSSR count). The van der Waals surface area contributed by atoms with E-state index in [0.29, 0.717) is 0 Å². The number of hydrogen-bond acceptors (Lipinski definition) is 2. The third-order valence-electron chi connectivity index (χ3n) is 4.10. The summed E-state index contributed by atoms with van der Waals surface area (Å²) in [6.45, 7) is 1.62. The fraction of sp³-hybridized carbons (Fsp3) is 0.333. The van der Waals surface area contributed by atoms with E-state index in [1.165, 1.54) is 5.69 Å². The van der Waals surface area contributed by atoms with Crippen LogP contribution in [-0.4, -0.2) is 45.5 Å². The second-order valence-corrected chi connectivity index (χ2v) is 5.89. The van der Waals surface area contributed by atoms with Gasteiger partial charge in [-0.15, -0.1) is 24.0 Å². The molecule has 0 spiro atoms. The summed E-state index contributed by atoms with van der Waals surface area (Å²) >= 11 is 0. The van der Waals surface area contributed by atoms with E-state index in [0.717, 1.165) is 36.8 Å². The van der Waals surface area contributed by atoms with Gasteiger partial charge in [0.2, 0.25) is 0 Å². The van der Waals surface area contributed by atoms with Gasteiger partial charge in [0.15, 0.2) is 5.96 Å². The summed E-state index contributed by atoms with van der Waals surface area (Å²) < 4.78 is 4.17.